The van der Waals surface area contributed by atoms with Crippen LogP contribution in [0.4, 0.5) is 0 Å². The van der Waals surface area contributed by atoms with Gasteiger partial charge >= 0.3 is 0 Å². The molecule has 0 aromatic carbocycles. The number of nitrogens with one attached hydrogen (secondary N) is 1. The molecule has 1 fully saturated rings. The lowest BCUT2D eigenvalue weighted by Gasteiger charge is -2.07. The van der Waals surface area contributed by atoms with E-state index in [9.17, 15) is 13.2 Å². The fraction of sp³-hybridized carbons (Fsp3) is 0.500. The Hall–Kier alpha value is -0.880. The fourth-order valence-corrected chi connectivity index (χ4v) is 4.12. The molecule has 1 unspecified atom stereocenters. The summed E-state index contributed by atoms with van der Waals surface area (Å²) in [6.45, 7) is 0.493. The number of carbonyl (C=O) groups excluding carboxylic acids is 1. The minimum atomic E-state index is -2.97. The smallest absolute Gasteiger partial charge is 0.224 e. The molecule has 4 nitrogen and oxygen atoms in total. The van der Waals surface area contributed by atoms with Crippen molar-refractivity contribution in [2.45, 2.75) is 13.0 Å². The minimum absolute atomic E-state index is 0.00325. The van der Waals surface area contributed by atoms with Crippen LogP contribution < -0.4 is 5.32 Å². The molecular formula is C10H13NO3S2. The number of amides is 1. The number of carbonyl (C=O) groups is 1. The second-order valence-electron chi connectivity index (χ2n) is 3.90. The van der Waals surface area contributed by atoms with E-state index in [1.54, 1.807) is 11.3 Å². The molecule has 1 aliphatic heterocycles. The van der Waals surface area contributed by atoms with E-state index in [2.05, 4.69) is 5.32 Å². The van der Waals surface area contributed by atoms with Gasteiger partial charge in [0.25, 0.3) is 0 Å². The van der Waals surface area contributed by atoms with Crippen molar-refractivity contribution in [2.75, 3.05) is 11.5 Å². The van der Waals surface area contributed by atoms with E-state index in [0.717, 1.165) is 4.88 Å². The lowest BCUT2D eigenvalue weighted by atomic mass is 10.1. The molecule has 0 radical (unpaired) electrons. The van der Waals surface area contributed by atoms with Crippen LogP contribution in [0.1, 0.15) is 11.3 Å². The Morgan fingerprint density at radius 2 is 2.38 bits per heavy atom. The molecule has 0 saturated carbocycles. The van der Waals surface area contributed by atoms with Crippen molar-refractivity contribution < 1.29 is 13.2 Å². The summed E-state index contributed by atoms with van der Waals surface area (Å²) in [4.78, 5) is 12.7. The molecule has 1 aromatic rings. The van der Waals surface area contributed by atoms with Crippen molar-refractivity contribution in [1.82, 2.24) is 5.32 Å². The molecule has 1 atom stereocenters. The summed E-state index contributed by atoms with van der Waals surface area (Å²) in [5.74, 6) is -0.354. The van der Waals surface area contributed by atoms with Gasteiger partial charge in [-0.15, -0.1) is 11.3 Å². The SMILES string of the molecule is O=C(NCc1cccs1)C1CCS(=O)(=O)C1. The second kappa shape index (κ2) is 4.55. The number of hydrogen-bond acceptors (Lipinski definition) is 4. The second-order valence-corrected chi connectivity index (χ2v) is 7.16. The van der Waals surface area contributed by atoms with Crippen LogP contribution >= 0.6 is 11.3 Å². The van der Waals surface area contributed by atoms with Gasteiger partial charge in [0.1, 0.15) is 0 Å². The number of hydrogen-bond donors (Lipinski definition) is 1. The van der Waals surface area contributed by atoms with Gasteiger partial charge in [-0.1, -0.05) is 6.07 Å². The van der Waals surface area contributed by atoms with E-state index in [0.29, 0.717) is 13.0 Å². The third-order valence-corrected chi connectivity index (χ3v) is 5.26. The zero-order chi connectivity index (χ0) is 11.6. The lowest BCUT2D eigenvalue weighted by Crippen LogP contribution is -2.30. The Balaban J connectivity index is 1.85. The first-order valence-electron chi connectivity index (χ1n) is 5.07. The number of sulfone groups is 1. The summed E-state index contributed by atoms with van der Waals surface area (Å²) in [5, 5.41) is 4.72. The van der Waals surface area contributed by atoms with Crippen molar-refractivity contribution in [3.63, 3.8) is 0 Å². The van der Waals surface area contributed by atoms with E-state index in [1.165, 1.54) is 0 Å². The van der Waals surface area contributed by atoms with Crippen LogP contribution in [0.3, 0.4) is 0 Å². The Labute approximate surface area is 98.6 Å². The van der Waals surface area contributed by atoms with Gasteiger partial charge < -0.3 is 5.32 Å². The standard InChI is InChI=1S/C10H13NO3S2/c12-10(8-3-5-16(13,14)7-8)11-6-9-2-1-4-15-9/h1-2,4,8H,3,5-7H2,(H,11,12). The molecule has 2 rings (SSSR count). The van der Waals surface area contributed by atoms with Gasteiger partial charge in [-0.2, -0.15) is 0 Å². The van der Waals surface area contributed by atoms with E-state index in [-0.39, 0.29) is 23.3 Å². The monoisotopic (exact) mass is 259 g/mol. The first-order valence-corrected chi connectivity index (χ1v) is 7.77. The zero-order valence-electron chi connectivity index (χ0n) is 8.68. The quantitative estimate of drug-likeness (QED) is 0.873. The topological polar surface area (TPSA) is 63.2 Å². The third-order valence-electron chi connectivity index (χ3n) is 2.62. The van der Waals surface area contributed by atoms with Gasteiger partial charge in [-0.3, -0.25) is 4.79 Å². The molecule has 1 N–H and O–H groups in total. The molecule has 6 heteroatoms. The van der Waals surface area contributed by atoms with Crippen LogP contribution in [0.5, 0.6) is 0 Å². The summed E-state index contributed by atoms with van der Waals surface area (Å²) in [6, 6.07) is 3.86. The van der Waals surface area contributed by atoms with Gasteiger partial charge in [0.15, 0.2) is 9.84 Å². The molecular weight excluding hydrogens is 246 g/mol. The predicted molar refractivity (Wildman–Crippen MR) is 62.9 cm³/mol. The van der Waals surface area contributed by atoms with E-state index >= 15 is 0 Å². The van der Waals surface area contributed by atoms with Gasteiger partial charge in [0, 0.05) is 4.88 Å². The summed E-state index contributed by atoms with van der Waals surface area (Å²) in [5.41, 5.74) is 0. The van der Waals surface area contributed by atoms with Gasteiger partial charge in [0.2, 0.25) is 5.91 Å². The van der Waals surface area contributed by atoms with E-state index in [4.69, 9.17) is 0 Å². The van der Waals surface area contributed by atoms with Crippen molar-refractivity contribution >= 4 is 27.1 Å². The molecule has 1 aliphatic rings. The molecule has 1 saturated heterocycles. The zero-order valence-corrected chi connectivity index (χ0v) is 10.3. The first kappa shape index (κ1) is 11.6. The first-order chi connectivity index (χ1) is 7.57. The maximum Gasteiger partial charge on any atom is 0.224 e. The van der Waals surface area contributed by atoms with Gasteiger partial charge in [-0.25, -0.2) is 8.42 Å². The van der Waals surface area contributed by atoms with Crippen LogP contribution in [0.15, 0.2) is 17.5 Å². The summed E-state index contributed by atoms with van der Waals surface area (Å²) in [7, 11) is -2.97. The highest BCUT2D eigenvalue weighted by Gasteiger charge is 2.32. The molecule has 88 valence electrons. The number of thiophene rings is 1. The van der Waals surface area contributed by atoms with Crippen LogP contribution in [0.25, 0.3) is 0 Å². The summed E-state index contributed by atoms with van der Waals surface area (Å²) >= 11 is 1.57. The maximum absolute atomic E-state index is 11.7. The Morgan fingerprint density at radius 3 is 2.94 bits per heavy atom. The van der Waals surface area contributed by atoms with Crippen LogP contribution in [0.2, 0.25) is 0 Å². The van der Waals surface area contributed by atoms with Crippen LogP contribution in [0, 0.1) is 5.92 Å². The van der Waals surface area contributed by atoms with Crippen molar-refractivity contribution in [3.05, 3.63) is 22.4 Å². The Bertz CT molecular complexity index is 464. The average molecular weight is 259 g/mol. The lowest BCUT2D eigenvalue weighted by molar-refractivity contribution is -0.124. The highest BCUT2D eigenvalue weighted by Crippen LogP contribution is 2.18. The van der Waals surface area contributed by atoms with E-state index < -0.39 is 9.84 Å². The maximum atomic E-state index is 11.7. The summed E-state index contributed by atoms with van der Waals surface area (Å²) < 4.78 is 22.4. The highest BCUT2D eigenvalue weighted by molar-refractivity contribution is 7.91. The summed E-state index contributed by atoms with van der Waals surface area (Å²) in [6.07, 6.45) is 0.457. The predicted octanol–water partition coefficient (Wildman–Crippen LogP) is 0.799. The largest absolute Gasteiger partial charge is 0.351 e. The normalized spacial score (nSPS) is 23.1. The molecule has 0 spiro atoms. The van der Waals surface area contributed by atoms with Gasteiger partial charge in [-0.05, 0) is 17.9 Å². The van der Waals surface area contributed by atoms with Crippen LogP contribution in [-0.2, 0) is 21.2 Å². The van der Waals surface area contributed by atoms with Crippen molar-refractivity contribution in [3.8, 4) is 0 Å². The van der Waals surface area contributed by atoms with Gasteiger partial charge in [0.05, 0.1) is 24.0 Å². The van der Waals surface area contributed by atoms with Crippen molar-refractivity contribution in [2.24, 2.45) is 5.92 Å². The minimum Gasteiger partial charge on any atom is -0.351 e. The molecule has 1 aromatic heterocycles. The molecule has 0 aliphatic carbocycles. The Kier molecular flexibility index (Phi) is 3.30. The Morgan fingerprint density at radius 1 is 1.56 bits per heavy atom. The highest BCUT2D eigenvalue weighted by atomic mass is 32.2. The number of rotatable bonds is 3. The molecule has 1 amide bonds. The molecule has 16 heavy (non-hydrogen) atoms. The average Bonchev–Trinajstić information content (AvgIpc) is 2.83. The van der Waals surface area contributed by atoms with Crippen LogP contribution in [-0.4, -0.2) is 25.8 Å². The van der Waals surface area contributed by atoms with Crippen molar-refractivity contribution in [1.29, 1.82) is 0 Å². The fourth-order valence-electron chi connectivity index (χ4n) is 1.73. The third kappa shape index (κ3) is 2.82. The molecule has 2 heterocycles. The molecule has 0 bridgehead atoms. The van der Waals surface area contributed by atoms with E-state index in [1.807, 2.05) is 17.5 Å².